The highest BCUT2D eigenvalue weighted by Gasteiger charge is 2.27. The quantitative estimate of drug-likeness (QED) is 0.731. The third-order valence-corrected chi connectivity index (χ3v) is 2.31. The van der Waals surface area contributed by atoms with Crippen LogP contribution >= 0.6 is 0 Å². The summed E-state index contributed by atoms with van der Waals surface area (Å²) in [6, 6.07) is -0.492. The number of amides is 1. The summed E-state index contributed by atoms with van der Waals surface area (Å²) in [6.45, 7) is 13.6. The van der Waals surface area contributed by atoms with Crippen molar-refractivity contribution >= 4 is 6.09 Å². The molecular weight excluding hydrogens is 246 g/mol. The third-order valence-electron chi connectivity index (χ3n) is 2.31. The van der Waals surface area contributed by atoms with E-state index in [1.54, 1.807) is 20.8 Å². The molecule has 1 unspecified atom stereocenters. The van der Waals surface area contributed by atoms with E-state index in [1.165, 1.54) is 0 Å². The van der Waals surface area contributed by atoms with Crippen LogP contribution in [-0.4, -0.2) is 35.7 Å². The van der Waals surface area contributed by atoms with E-state index in [0.29, 0.717) is 12.5 Å². The van der Waals surface area contributed by atoms with Crippen molar-refractivity contribution in [3.63, 3.8) is 0 Å². The molecule has 0 saturated carbocycles. The van der Waals surface area contributed by atoms with Crippen LogP contribution in [-0.2, 0) is 9.47 Å². The number of hydrogen-bond donors (Lipinski definition) is 2. The smallest absolute Gasteiger partial charge is 0.408 e. The van der Waals surface area contributed by atoms with Crippen molar-refractivity contribution in [2.75, 3.05) is 6.61 Å². The SMILES string of the molecule is CC(C)COC(O)[C@@H](NC(=O)OC(C)(C)C)C(C)C. The Hall–Kier alpha value is -0.810. The van der Waals surface area contributed by atoms with E-state index in [-0.39, 0.29) is 5.92 Å². The summed E-state index contributed by atoms with van der Waals surface area (Å²) in [5.41, 5.74) is -0.560. The number of rotatable bonds is 6. The van der Waals surface area contributed by atoms with Gasteiger partial charge >= 0.3 is 6.09 Å². The molecule has 0 aliphatic carbocycles. The fraction of sp³-hybridized carbons (Fsp3) is 0.929. The van der Waals surface area contributed by atoms with Crippen molar-refractivity contribution in [1.29, 1.82) is 0 Å². The van der Waals surface area contributed by atoms with Gasteiger partial charge in [-0.3, -0.25) is 0 Å². The molecule has 0 rings (SSSR count). The van der Waals surface area contributed by atoms with Crippen LogP contribution in [0.25, 0.3) is 0 Å². The summed E-state index contributed by atoms with van der Waals surface area (Å²) in [4.78, 5) is 11.7. The minimum absolute atomic E-state index is 0.0367. The second-order valence-electron chi connectivity index (χ2n) is 6.53. The molecule has 0 aliphatic heterocycles. The molecule has 5 nitrogen and oxygen atoms in total. The zero-order valence-electron chi connectivity index (χ0n) is 13.2. The summed E-state index contributed by atoms with van der Waals surface area (Å²) < 4.78 is 10.5. The topological polar surface area (TPSA) is 67.8 Å². The highest BCUT2D eigenvalue weighted by atomic mass is 16.6. The minimum atomic E-state index is -1.03. The van der Waals surface area contributed by atoms with Crippen molar-refractivity contribution in [3.05, 3.63) is 0 Å². The molecule has 0 fully saturated rings. The molecule has 0 spiro atoms. The van der Waals surface area contributed by atoms with Crippen molar-refractivity contribution < 1.29 is 19.4 Å². The van der Waals surface area contributed by atoms with Gasteiger partial charge in [0.15, 0.2) is 6.29 Å². The number of ether oxygens (including phenoxy) is 2. The standard InChI is InChI=1S/C14H29NO4/c1-9(2)8-18-12(16)11(10(3)4)15-13(17)19-14(5,6)7/h9-12,16H,8H2,1-7H3,(H,15,17)/t11-,12?/m0/s1. The number of carbonyl (C=O) groups excluding carboxylic acids is 1. The maximum absolute atomic E-state index is 11.7. The average Bonchev–Trinajstić information content (AvgIpc) is 2.19. The summed E-state index contributed by atoms with van der Waals surface area (Å²) in [5.74, 6) is 0.360. The lowest BCUT2D eigenvalue weighted by atomic mass is 10.0. The molecule has 1 amide bonds. The predicted octanol–water partition coefficient (Wildman–Crippen LogP) is 2.53. The summed E-state index contributed by atoms with van der Waals surface area (Å²) >= 11 is 0. The predicted molar refractivity (Wildman–Crippen MR) is 74.8 cm³/mol. The molecule has 0 bridgehead atoms. The fourth-order valence-corrected chi connectivity index (χ4v) is 1.41. The van der Waals surface area contributed by atoms with Crippen LogP contribution in [0.15, 0.2) is 0 Å². The lowest BCUT2D eigenvalue weighted by molar-refractivity contribution is -0.133. The van der Waals surface area contributed by atoms with Gasteiger partial charge in [-0.05, 0) is 32.6 Å². The van der Waals surface area contributed by atoms with Crippen molar-refractivity contribution in [2.24, 2.45) is 11.8 Å². The van der Waals surface area contributed by atoms with Gasteiger partial charge in [-0.2, -0.15) is 0 Å². The molecule has 0 aromatic heterocycles. The van der Waals surface area contributed by atoms with Crippen LogP contribution in [0, 0.1) is 11.8 Å². The van der Waals surface area contributed by atoms with Crippen molar-refractivity contribution in [1.82, 2.24) is 5.32 Å². The normalized spacial score (nSPS) is 15.5. The van der Waals surface area contributed by atoms with E-state index in [4.69, 9.17) is 9.47 Å². The number of alkyl carbamates (subject to hydrolysis) is 1. The van der Waals surface area contributed by atoms with Crippen LogP contribution < -0.4 is 5.32 Å². The molecule has 0 aromatic carbocycles. The number of nitrogens with one attached hydrogen (secondary N) is 1. The van der Waals surface area contributed by atoms with Gasteiger partial charge in [-0.25, -0.2) is 4.79 Å². The Balaban J connectivity index is 4.44. The number of hydrogen-bond acceptors (Lipinski definition) is 4. The van der Waals surface area contributed by atoms with Crippen LogP contribution in [0.3, 0.4) is 0 Å². The van der Waals surface area contributed by atoms with Gasteiger partial charge in [0.1, 0.15) is 5.60 Å². The zero-order valence-corrected chi connectivity index (χ0v) is 13.2. The number of aliphatic hydroxyl groups excluding tert-OH is 1. The van der Waals surface area contributed by atoms with Crippen LogP contribution in [0.5, 0.6) is 0 Å². The summed E-state index contributed by atoms with van der Waals surface area (Å²) in [6.07, 6.45) is -1.58. The molecule has 0 heterocycles. The summed E-state index contributed by atoms with van der Waals surface area (Å²) in [5, 5.41) is 12.6. The molecular formula is C14H29NO4. The maximum Gasteiger partial charge on any atom is 0.408 e. The van der Waals surface area contributed by atoms with E-state index in [2.05, 4.69) is 5.32 Å². The lowest BCUT2D eigenvalue weighted by Gasteiger charge is -2.29. The minimum Gasteiger partial charge on any atom is -0.444 e. The second-order valence-corrected chi connectivity index (χ2v) is 6.53. The van der Waals surface area contributed by atoms with Gasteiger partial charge in [0.25, 0.3) is 0 Å². The Kier molecular flexibility index (Phi) is 7.37. The Bertz CT molecular complexity index is 271. The molecule has 19 heavy (non-hydrogen) atoms. The molecule has 0 saturated heterocycles. The molecule has 0 aliphatic rings. The highest BCUT2D eigenvalue weighted by molar-refractivity contribution is 5.68. The Morgan fingerprint density at radius 1 is 1.21 bits per heavy atom. The van der Waals surface area contributed by atoms with Gasteiger partial charge in [-0.15, -0.1) is 0 Å². The Morgan fingerprint density at radius 3 is 2.11 bits per heavy atom. The van der Waals surface area contributed by atoms with Crippen molar-refractivity contribution in [2.45, 2.75) is 66.4 Å². The van der Waals surface area contributed by atoms with Crippen LogP contribution in [0.1, 0.15) is 48.5 Å². The van der Waals surface area contributed by atoms with Crippen molar-refractivity contribution in [3.8, 4) is 0 Å². The van der Waals surface area contributed by atoms with Gasteiger partial charge in [0.2, 0.25) is 0 Å². The van der Waals surface area contributed by atoms with E-state index >= 15 is 0 Å². The first-order valence-electron chi connectivity index (χ1n) is 6.82. The van der Waals surface area contributed by atoms with Crippen LogP contribution in [0.4, 0.5) is 4.79 Å². The first-order valence-corrected chi connectivity index (χ1v) is 6.82. The Morgan fingerprint density at radius 2 is 1.74 bits per heavy atom. The molecule has 0 aromatic rings. The monoisotopic (exact) mass is 275 g/mol. The highest BCUT2D eigenvalue weighted by Crippen LogP contribution is 2.12. The maximum atomic E-state index is 11.7. The summed E-state index contributed by atoms with van der Waals surface area (Å²) in [7, 11) is 0. The van der Waals surface area contributed by atoms with Gasteiger partial charge in [-0.1, -0.05) is 27.7 Å². The van der Waals surface area contributed by atoms with E-state index in [1.807, 2.05) is 27.7 Å². The largest absolute Gasteiger partial charge is 0.444 e. The first kappa shape index (κ1) is 18.2. The lowest BCUT2D eigenvalue weighted by Crippen LogP contribution is -2.49. The molecule has 2 N–H and O–H groups in total. The van der Waals surface area contributed by atoms with Gasteiger partial charge in [0.05, 0.1) is 12.6 Å². The molecule has 5 heteroatoms. The zero-order chi connectivity index (χ0) is 15.2. The van der Waals surface area contributed by atoms with Crippen LogP contribution in [0.2, 0.25) is 0 Å². The average molecular weight is 275 g/mol. The number of aliphatic hydroxyl groups is 1. The van der Waals surface area contributed by atoms with E-state index < -0.39 is 24.0 Å². The Labute approximate surface area is 116 Å². The van der Waals surface area contributed by atoms with E-state index in [9.17, 15) is 9.90 Å². The second kappa shape index (κ2) is 7.70. The third kappa shape index (κ3) is 8.83. The molecule has 114 valence electrons. The van der Waals surface area contributed by atoms with Gasteiger partial charge in [0, 0.05) is 0 Å². The molecule has 2 atom stereocenters. The fourth-order valence-electron chi connectivity index (χ4n) is 1.41. The number of carbonyl (C=O) groups is 1. The first-order chi connectivity index (χ1) is 8.53. The van der Waals surface area contributed by atoms with Gasteiger partial charge < -0.3 is 19.9 Å². The van der Waals surface area contributed by atoms with E-state index in [0.717, 1.165) is 0 Å². The molecule has 0 radical (unpaired) electrons.